The molecule has 0 saturated heterocycles. The minimum atomic E-state index is -0.163. The van der Waals surface area contributed by atoms with Crippen molar-refractivity contribution in [3.05, 3.63) is 35.0 Å². The van der Waals surface area contributed by atoms with Crippen LogP contribution in [0, 0.1) is 0 Å². The summed E-state index contributed by atoms with van der Waals surface area (Å²) in [5, 5.41) is 8.20. The average molecular weight is 301 g/mol. The Morgan fingerprint density at radius 3 is 3.05 bits per heavy atom. The van der Waals surface area contributed by atoms with E-state index in [1.807, 2.05) is 0 Å². The van der Waals surface area contributed by atoms with Gasteiger partial charge in [-0.1, -0.05) is 5.16 Å². The van der Waals surface area contributed by atoms with Crippen molar-refractivity contribution in [3.63, 3.8) is 0 Å². The summed E-state index contributed by atoms with van der Waals surface area (Å²) in [5.41, 5.74) is 2.63. The Kier molecular flexibility index (Phi) is 2.78. The molecule has 8 nitrogen and oxygen atoms in total. The fourth-order valence-electron chi connectivity index (χ4n) is 2.88. The van der Waals surface area contributed by atoms with Crippen LogP contribution in [-0.4, -0.2) is 56.7 Å². The predicted octanol–water partition coefficient (Wildman–Crippen LogP) is 0.155. The zero-order chi connectivity index (χ0) is 15.3. The molecule has 0 bridgehead atoms. The van der Waals surface area contributed by atoms with Gasteiger partial charge in [-0.2, -0.15) is 5.10 Å². The van der Waals surface area contributed by atoms with E-state index in [1.54, 1.807) is 33.9 Å². The lowest BCUT2D eigenvalue weighted by Gasteiger charge is -2.24. The summed E-state index contributed by atoms with van der Waals surface area (Å²) in [4.78, 5) is 28.0. The number of likely N-dealkylation sites (N-methyl/N-ethyl adjacent to an activating group) is 1. The molecule has 0 unspecified atom stereocenters. The number of aromatic nitrogens is 3. The molecule has 2 aromatic rings. The van der Waals surface area contributed by atoms with Crippen molar-refractivity contribution in [1.29, 1.82) is 0 Å². The van der Waals surface area contributed by atoms with Crippen LogP contribution in [0.25, 0.3) is 0 Å². The molecule has 114 valence electrons. The molecule has 22 heavy (non-hydrogen) atoms. The summed E-state index contributed by atoms with van der Waals surface area (Å²) in [5.74, 6) is -0.262. The van der Waals surface area contributed by atoms with Gasteiger partial charge in [-0.15, -0.1) is 0 Å². The third-order valence-electron chi connectivity index (χ3n) is 4.21. The quantitative estimate of drug-likeness (QED) is 0.749. The molecule has 4 heterocycles. The second-order valence-corrected chi connectivity index (χ2v) is 5.63. The number of hydrogen-bond acceptors (Lipinski definition) is 5. The van der Waals surface area contributed by atoms with Crippen molar-refractivity contribution < 1.29 is 14.1 Å². The van der Waals surface area contributed by atoms with Crippen LogP contribution in [0.5, 0.6) is 0 Å². The van der Waals surface area contributed by atoms with Gasteiger partial charge in [0.15, 0.2) is 5.69 Å². The van der Waals surface area contributed by atoms with Gasteiger partial charge in [-0.3, -0.25) is 14.3 Å². The topological polar surface area (TPSA) is 84.5 Å². The molecule has 0 atom stereocenters. The maximum atomic E-state index is 12.6. The van der Waals surface area contributed by atoms with Gasteiger partial charge in [0.05, 0.1) is 18.8 Å². The summed E-state index contributed by atoms with van der Waals surface area (Å²) in [6.07, 6.45) is 2.25. The van der Waals surface area contributed by atoms with Crippen LogP contribution >= 0.6 is 0 Å². The Morgan fingerprint density at radius 1 is 1.32 bits per heavy atom. The van der Waals surface area contributed by atoms with E-state index in [1.165, 1.54) is 0 Å². The molecule has 0 spiro atoms. The molecule has 8 heteroatoms. The number of amides is 2. The lowest BCUT2D eigenvalue weighted by atomic mass is 10.1. The van der Waals surface area contributed by atoms with Gasteiger partial charge in [0.1, 0.15) is 12.0 Å². The van der Waals surface area contributed by atoms with Gasteiger partial charge in [0, 0.05) is 38.2 Å². The fourth-order valence-corrected chi connectivity index (χ4v) is 2.88. The molecule has 2 aliphatic rings. The molecule has 0 aliphatic carbocycles. The van der Waals surface area contributed by atoms with Crippen molar-refractivity contribution in [1.82, 2.24) is 24.7 Å². The van der Waals surface area contributed by atoms with Crippen LogP contribution < -0.4 is 0 Å². The molecule has 2 aromatic heterocycles. The Balaban J connectivity index is 1.59. The molecular weight excluding hydrogens is 286 g/mol. The van der Waals surface area contributed by atoms with E-state index in [0.29, 0.717) is 44.0 Å². The SMILES string of the molecule is CN1CCn2nc(C(=O)N3CCc4nocc4C3)cc2C1=O. The summed E-state index contributed by atoms with van der Waals surface area (Å²) in [6.45, 7) is 2.26. The number of carbonyl (C=O) groups excluding carboxylic acids is 2. The van der Waals surface area contributed by atoms with Gasteiger partial charge in [0.2, 0.25) is 0 Å². The van der Waals surface area contributed by atoms with E-state index in [0.717, 1.165) is 11.3 Å². The summed E-state index contributed by atoms with van der Waals surface area (Å²) >= 11 is 0. The van der Waals surface area contributed by atoms with Crippen molar-refractivity contribution in [2.24, 2.45) is 0 Å². The average Bonchev–Trinajstić information content (AvgIpc) is 3.16. The minimum absolute atomic E-state index is 0.0993. The summed E-state index contributed by atoms with van der Waals surface area (Å²) in [7, 11) is 1.75. The zero-order valence-electron chi connectivity index (χ0n) is 12.2. The number of carbonyl (C=O) groups is 2. The van der Waals surface area contributed by atoms with E-state index in [9.17, 15) is 9.59 Å². The largest absolute Gasteiger partial charge is 0.364 e. The van der Waals surface area contributed by atoms with Crippen LogP contribution in [0.3, 0.4) is 0 Å². The molecule has 0 saturated carbocycles. The van der Waals surface area contributed by atoms with Gasteiger partial charge in [0.25, 0.3) is 11.8 Å². The van der Waals surface area contributed by atoms with Gasteiger partial charge in [-0.25, -0.2) is 0 Å². The summed E-state index contributed by atoms with van der Waals surface area (Å²) in [6, 6.07) is 1.59. The Hall–Kier alpha value is -2.64. The first-order chi connectivity index (χ1) is 10.6. The lowest BCUT2D eigenvalue weighted by Crippen LogP contribution is -2.37. The lowest BCUT2D eigenvalue weighted by molar-refractivity contribution is 0.0720. The molecular formula is C14H15N5O3. The first kappa shape index (κ1) is 13.1. The number of hydrogen-bond donors (Lipinski definition) is 0. The molecule has 0 N–H and O–H groups in total. The maximum Gasteiger partial charge on any atom is 0.274 e. The maximum absolute atomic E-state index is 12.6. The van der Waals surface area contributed by atoms with Crippen LogP contribution in [0.2, 0.25) is 0 Å². The Morgan fingerprint density at radius 2 is 2.18 bits per heavy atom. The van der Waals surface area contributed by atoms with Crippen molar-refractivity contribution in [2.45, 2.75) is 19.5 Å². The van der Waals surface area contributed by atoms with Gasteiger partial charge < -0.3 is 14.3 Å². The normalized spacial score (nSPS) is 17.4. The van der Waals surface area contributed by atoms with Crippen molar-refractivity contribution in [3.8, 4) is 0 Å². The standard InChI is InChI=1S/C14H15N5O3/c1-17-4-5-19-12(14(17)21)6-11(15-19)13(20)18-3-2-10-9(7-18)8-22-16-10/h6,8H,2-5,7H2,1H3. The second-order valence-electron chi connectivity index (χ2n) is 5.63. The van der Waals surface area contributed by atoms with Crippen molar-refractivity contribution >= 4 is 11.8 Å². The van der Waals surface area contributed by atoms with E-state index >= 15 is 0 Å². The third-order valence-corrected chi connectivity index (χ3v) is 4.21. The van der Waals surface area contributed by atoms with Crippen molar-refractivity contribution in [2.75, 3.05) is 20.1 Å². The van der Waals surface area contributed by atoms with Crippen LogP contribution in [0.15, 0.2) is 16.9 Å². The molecule has 0 radical (unpaired) electrons. The molecule has 0 fully saturated rings. The first-order valence-corrected chi connectivity index (χ1v) is 7.18. The highest BCUT2D eigenvalue weighted by atomic mass is 16.5. The van der Waals surface area contributed by atoms with Crippen LogP contribution in [0.1, 0.15) is 32.2 Å². The zero-order valence-corrected chi connectivity index (χ0v) is 12.2. The highest BCUT2D eigenvalue weighted by molar-refractivity contribution is 5.98. The Bertz CT molecular complexity index is 762. The number of rotatable bonds is 1. The summed E-state index contributed by atoms with van der Waals surface area (Å²) < 4.78 is 6.55. The third kappa shape index (κ3) is 1.91. The van der Waals surface area contributed by atoms with E-state index in [2.05, 4.69) is 10.3 Å². The highest BCUT2D eigenvalue weighted by Crippen LogP contribution is 2.20. The minimum Gasteiger partial charge on any atom is -0.364 e. The monoisotopic (exact) mass is 301 g/mol. The molecule has 4 rings (SSSR count). The van der Waals surface area contributed by atoms with E-state index in [-0.39, 0.29) is 11.8 Å². The second kappa shape index (κ2) is 4.69. The first-order valence-electron chi connectivity index (χ1n) is 7.18. The molecule has 2 aliphatic heterocycles. The molecule has 0 aromatic carbocycles. The fraction of sp³-hybridized carbons (Fsp3) is 0.429. The van der Waals surface area contributed by atoms with E-state index < -0.39 is 0 Å². The van der Waals surface area contributed by atoms with Gasteiger partial charge >= 0.3 is 0 Å². The van der Waals surface area contributed by atoms with E-state index in [4.69, 9.17) is 4.52 Å². The predicted molar refractivity (Wildman–Crippen MR) is 74.1 cm³/mol. The number of nitrogens with zero attached hydrogens (tertiary/aromatic N) is 5. The Labute approximate surface area is 126 Å². The molecule has 2 amide bonds. The number of fused-ring (bicyclic) bond motifs is 2. The van der Waals surface area contributed by atoms with Gasteiger partial charge in [-0.05, 0) is 0 Å². The van der Waals surface area contributed by atoms with Crippen LogP contribution in [-0.2, 0) is 19.5 Å². The van der Waals surface area contributed by atoms with Crippen LogP contribution in [0.4, 0.5) is 0 Å². The highest BCUT2D eigenvalue weighted by Gasteiger charge is 2.29. The smallest absolute Gasteiger partial charge is 0.274 e.